The van der Waals surface area contributed by atoms with E-state index in [1.165, 1.54) is 0 Å². The molecule has 0 bridgehead atoms. The molecule has 0 aliphatic carbocycles. The van der Waals surface area contributed by atoms with Gasteiger partial charge in [0.05, 0.1) is 65.2 Å². The van der Waals surface area contributed by atoms with Gasteiger partial charge in [-0.05, 0) is 33.4 Å². The lowest BCUT2D eigenvalue weighted by atomic mass is 9.95. The van der Waals surface area contributed by atoms with Crippen molar-refractivity contribution in [3.8, 4) is 0 Å². The highest BCUT2D eigenvalue weighted by Crippen LogP contribution is 2.35. The first-order chi connectivity index (χ1) is 34.8. The molecule has 0 unspecified atom stereocenters. The first-order valence-electron chi connectivity index (χ1n) is 24.0. The van der Waals surface area contributed by atoms with Crippen molar-refractivity contribution < 1.29 is 60.0 Å². The molecule has 2 heterocycles. The van der Waals surface area contributed by atoms with Crippen molar-refractivity contribution in [2.45, 2.75) is 107 Å². The zero-order valence-corrected chi connectivity index (χ0v) is 41.0. The van der Waals surface area contributed by atoms with E-state index in [2.05, 4.69) is 0 Å². The van der Waals surface area contributed by atoms with E-state index in [1.54, 1.807) is 7.11 Å². The lowest BCUT2D eigenvalue weighted by Crippen LogP contribution is -2.63. The second-order valence-electron chi connectivity index (χ2n) is 17.5. The maximum Gasteiger partial charge on any atom is 0.264 e. The van der Waals surface area contributed by atoms with Gasteiger partial charge in [-0.2, -0.15) is 8.42 Å². The number of benzene rings is 6. The van der Waals surface area contributed by atoms with Crippen LogP contribution in [0.4, 0.5) is 0 Å². The van der Waals surface area contributed by atoms with Crippen molar-refractivity contribution in [3.05, 3.63) is 215 Å². The van der Waals surface area contributed by atoms with Crippen molar-refractivity contribution in [2.75, 3.05) is 26.6 Å². The Morgan fingerprint density at radius 1 is 0.380 bits per heavy atom. The van der Waals surface area contributed by atoms with E-state index in [-0.39, 0.29) is 59.3 Å². The van der Waals surface area contributed by atoms with Gasteiger partial charge in [0.1, 0.15) is 42.7 Å². The molecule has 6 aromatic carbocycles. The fourth-order valence-corrected chi connectivity index (χ4v) is 9.09. The second-order valence-corrected chi connectivity index (χ2v) is 19.2. The summed E-state index contributed by atoms with van der Waals surface area (Å²) in [6.07, 6.45) is -7.12. The molecule has 2 aliphatic heterocycles. The number of methoxy groups -OCH3 is 1. The molecular weight excluding hydrogens is 925 g/mol. The molecule has 14 heteroatoms. The molecule has 0 saturated carbocycles. The highest BCUT2D eigenvalue weighted by Gasteiger charge is 2.52. The number of rotatable bonds is 26. The minimum atomic E-state index is -3.79. The number of ether oxygens (including phenoxy) is 10. The first-order valence-corrected chi connectivity index (χ1v) is 25.8. The largest absolute Gasteiger partial charge is 0.368 e. The summed E-state index contributed by atoms with van der Waals surface area (Å²) >= 11 is 0. The van der Waals surface area contributed by atoms with Crippen LogP contribution in [0.5, 0.6) is 0 Å². The van der Waals surface area contributed by atoms with E-state index in [1.807, 2.05) is 182 Å². The molecule has 0 aromatic heterocycles. The van der Waals surface area contributed by atoms with E-state index in [4.69, 9.17) is 51.6 Å². The van der Waals surface area contributed by atoms with Crippen LogP contribution in [0.15, 0.2) is 182 Å². The van der Waals surface area contributed by atoms with Gasteiger partial charge in [-0.15, -0.1) is 0 Å². The Hall–Kier alpha value is -5.17. The molecule has 0 amide bonds. The molecule has 71 heavy (non-hydrogen) atoms. The van der Waals surface area contributed by atoms with Gasteiger partial charge in [-0.3, -0.25) is 4.18 Å². The first kappa shape index (κ1) is 52.2. The van der Waals surface area contributed by atoms with Gasteiger partial charge in [-0.25, -0.2) is 0 Å². The SMILES string of the molecule is CO[C@H]1O[C@H](CO[C@H]2O[C@H](CCOS(C)(=O)=O)[C@@H](OCc3ccccc3)[C@H](OCc3ccccc3)[C@H]2OCc2ccccc2)[C@@H](OCc2ccccc2)[C@H](OCc2ccccc2)[C@H]1OCc1ccccc1. The van der Waals surface area contributed by atoms with Crippen LogP contribution in [0, 0.1) is 0 Å². The molecule has 2 fully saturated rings. The van der Waals surface area contributed by atoms with Gasteiger partial charge in [0.2, 0.25) is 0 Å². The van der Waals surface area contributed by atoms with Gasteiger partial charge in [0, 0.05) is 13.5 Å². The molecule has 0 N–H and O–H groups in total. The van der Waals surface area contributed by atoms with Crippen LogP contribution in [0.2, 0.25) is 0 Å². The Bertz CT molecular complexity index is 2510. The Kier molecular flexibility index (Phi) is 19.9. The van der Waals surface area contributed by atoms with Crippen molar-refractivity contribution >= 4 is 10.1 Å². The van der Waals surface area contributed by atoms with Gasteiger partial charge < -0.3 is 47.4 Å². The van der Waals surface area contributed by atoms with E-state index < -0.39 is 71.5 Å². The van der Waals surface area contributed by atoms with Gasteiger partial charge in [0.15, 0.2) is 12.6 Å². The van der Waals surface area contributed by atoms with E-state index in [0.29, 0.717) is 0 Å². The molecule has 0 spiro atoms. The summed E-state index contributed by atoms with van der Waals surface area (Å²) in [6.45, 7) is 1.12. The molecule has 8 rings (SSSR count). The van der Waals surface area contributed by atoms with Crippen molar-refractivity contribution in [1.82, 2.24) is 0 Å². The molecule has 0 radical (unpaired) electrons. The van der Waals surface area contributed by atoms with Gasteiger partial charge in [-0.1, -0.05) is 182 Å². The lowest BCUT2D eigenvalue weighted by molar-refractivity contribution is -0.349. The fraction of sp³-hybridized carbons (Fsp3) is 0.368. The molecule has 13 nitrogen and oxygen atoms in total. The highest BCUT2D eigenvalue weighted by molar-refractivity contribution is 7.85. The summed E-state index contributed by atoms with van der Waals surface area (Å²) in [5, 5.41) is 0. The van der Waals surface area contributed by atoms with Crippen molar-refractivity contribution in [2.24, 2.45) is 0 Å². The van der Waals surface area contributed by atoms with Crippen molar-refractivity contribution in [1.29, 1.82) is 0 Å². The fourth-order valence-electron chi connectivity index (χ4n) is 8.69. The quantitative estimate of drug-likeness (QED) is 0.0479. The minimum Gasteiger partial charge on any atom is -0.368 e. The van der Waals surface area contributed by atoms with Crippen LogP contribution in [0.1, 0.15) is 39.8 Å². The maximum absolute atomic E-state index is 12.3. The summed E-state index contributed by atoms with van der Waals surface area (Å²) in [6, 6.07) is 59.1. The zero-order valence-electron chi connectivity index (χ0n) is 40.2. The van der Waals surface area contributed by atoms with E-state index >= 15 is 0 Å². The summed E-state index contributed by atoms with van der Waals surface area (Å²) in [5.41, 5.74) is 5.68. The maximum atomic E-state index is 12.3. The molecule has 376 valence electrons. The summed E-state index contributed by atoms with van der Waals surface area (Å²) in [4.78, 5) is 0. The van der Waals surface area contributed by atoms with Crippen LogP contribution in [0.25, 0.3) is 0 Å². The standard InChI is InChI=1S/C57H64O13S/c1-60-56-54(65-39-46-29-17-7-18-30-46)53(64-38-45-27-15-6-16-28-45)51(62-36-43-23-11-4-12-24-43)49(70-56)41-67-57-55(66-40-47-31-19-8-20-32-47)52(63-37-44-25-13-5-14-26-44)50(61-35-42-21-9-3-10-22-42)48(69-57)33-34-68-71(2,58)59/h3-32,48-57H,33-41H2,1-2H3/t48-,49-,50-,51-,52+,53+,54-,55-,56+,57+/m1/s1. The molecule has 2 saturated heterocycles. The Labute approximate surface area is 417 Å². The Morgan fingerprint density at radius 2 is 0.676 bits per heavy atom. The lowest BCUT2D eigenvalue weighted by Gasteiger charge is -2.48. The predicted molar refractivity (Wildman–Crippen MR) is 266 cm³/mol. The minimum absolute atomic E-state index is 0.0840. The smallest absolute Gasteiger partial charge is 0.264 e. The second kappa shape index (κ2) is 27.0. The van der Waals surface area contributed by atoms with E-state index in [0.717, 1.165) is 39.6 Å². The third kappa shape index (κ3) is 15.9. The third-order valence-corrected chi connectivity index (χ3v) is 12.8. The molecule has 6 aromatic rings. The van der Waals surface area contributed by atoms with Crippen LogP contribution >= 0.6 is 0 Å². The molecule has 10 atom stereocenters. The average molecular weight is 989 g/mol. The summed E-state index contributed by atoms with van der Waals surface area (Å²) < 4.78 is 97.7. The third-order valence-electron chi connectivity index (χ3n) is 12.3. The molecular formula is C57H64O13S. The van der Waals surface area contributed by atoms with Crippen LogP contribution in [-0.4, -0.2) is 96.4 Å². The Morgan fingerprint density at radius 3 is 1.01 bits per heavy atom. The van der Waals surface area contributed by atoms with Crippen molar-refractivity contribution in [3.63, 3.8) is 0 Å². The zero-order chi connectivity index (χ0) is 49.1. The Balaban J connectivity index is 1.13. The summed E-state index contributed by atoms with van der Waals surface area (Å²) in [7, 11) is -2.21. The number of hydrogen-bond donors (Lipinski definition) is 0. The van der Waals surface area contributed by atoms with Crippen LogP contribution in [0.3, 0.4) is 0 Å². The summed E-state index contributed by atoms with van der Waals surface area (Å²) in [5.74, 6) is 0. The van der Waals surface area contributed by atoms with Gasteiger partial charge >= 0.3 is 0 Å². The predicted octanol–water partition coefficient (Wildman–Crippen LogP) is 8.98. The average Bonchev–Trinajstić information content (AvgIpc) is 3.40. The normalized spacial score (nSPS) is 24.6. The number of hydrogen-bond acceptors (Lipinski definition) is 13. The monoisotopic (exact) mass is 988 g/mol. The van der Waals surface area contributed by atoms with E-state index in [9.17, 15) is 8.42 Å². The van der Waals surface area contributed by atoms with Crippen LogP contribution < -0.4 is 0 Å². The molecule has 2 aliphatic rings. The van der Waals surface area contributed by atoms with Crippen LogP contribution in [-0.2, 0) is 101 Å². The highest BCUT2D eigenvalue weighted by atomic mass is 32.2. The topological polar surface area (TPSA) is 136 Å². The van der Waals surface area contributed by atoms with Gasteiger partial charge in [0.25, 0.3) is 10.1 Å².